The zero-order chi connectivity index (χ0) is 9.56. The summed E-state index contributed by atoms with van der Waals surface area (Å²) in [6, 6.07) is 0. The fraction of sp³-hybridized carbons (Fsp3) is 0.286. The van der Waals surface area contributed by atoms with Crippen LogP contribution in [-0.4, -0.2) is 30.2 Å². The molecule has 0 aliphatic carbocycles. The average molecular weight is 188 g/mol. The Morgan fingerprint density at radius 2 is 1.83 bits per heavy atom. The van der Waals surface area contributed by atoms with Gasteiger partial charge in [-0.05, 0) is 12.3 Å². The van der Waals surface area contributed by atoms with Gasteiger partial charge in [0.2, 0.25) is 5.78 Å². The van der Waals surface area contributed by atoms with Crippen molar-refractivity contribution in [1.82, 2.24) is 0 Å². The molecule has 0 heterocycles. The Bertz CT molecular complexity index is 232. The molecule has 0 saturated carbocycles. The van der Waals surface area contributed by atoms with Crippen molar-refractivity contribution in [1.29, 1.82) is 0 Å². The Kier molecular flexibility index (Phi) is 5.03. The molecular formula is C7H8O4S. The van der Waals surface area contributed by atoms with Gasteiger partial charge in [-0.25, -0.2) is 4.79 Å². The number of methoxy groups -OCH3 is 1. The van der Waals surface area contributed by atoms with E-state index < -0.39 is 16.9 Å². The van der Waals surface area contributed by atoms with Gasteiger partial charge in [0.1, 0.15) is 0 Å². The van der Waals surface area contributed by atoms with Crippen LogP contribution in [0.3, 0.4) is 0 Å². The molecule has 0 fully saturated rings. The smallest absolute Gasteiger partial charge is 0.330 e. The van der Waals surface area contributed by atoms with Crippen molar-refractivity contribution in [3.63, 3.8) is 0 Å². The lowest BCUT2D eigenvalue weighted by molar-refractivity contribution is -0.135. The predicted molar refractivity (Wildman–Crippen MR) is 44.7 cm³/mol. The second kappa shape index (κ2) is 5.54. The van der Waals surface area contributed by atoms with Crippen LogP contribution in [0, 0.1) is 0 Å². The fourth-order valence-electron chi connectivity index (χ4n) is 0.380. The molecule has 0 N–H and O–H groups in total. The summed E-state index contributed by atoms with van der Waals surface area (Å²) < 4.78 is 4.22. The Labute approximate surface area is 74.0 Å². The van der Waals surface area contributed by atoms with Gasteiger partial charge in [-0.2, -0.15) is 0 Å². The van der Waals surface area contributed by atoms with Crippen molar-refractivity contribution in [3.05, 3.63) is 12.2 Å². The Morgan fingerprint density at radius 3 is 2.25 bits per heavy atom. The molecule has 0 rings (SSSR count). The molecule has 12 heavy (non-hydrogen) atoms. The van der Waals surface area contributed by atoms with E-state index in [1.54, 1.807) is 0 Å². The summed E-state index contributed by atoms with van der Waals surface area (Å²) >= 11 is 0.800. The van der Waals surface area contributed by atoms with E-state index in [2.05, 4.69) is 4.74 Å². The lowest BCUT2D eigenvalue weighted by Crippen LogP contribution is -2.06. The minimum Gasteiger partial charge on any atom is -0.466 e. The summed E-state index contributed by atoms with van der Waals surface area (Å²) in [7, 11) is 1.19. The third-order valence-corrected chi connectivity index (χ3v) is 1.53. The fourth-order valence-corrected chi connectivity index (χ4v) is 0.650. The molecule has 4 nitrogen and oxygen atoms in total. The molecule has 0 aliphatic heterocycles. The van der Waals surface area contributed by atoms with Crippen molar-refractivity contribution in [2.45, 2.75) is 0 Å². The van der Waals surface area contributed by atoms with E-state index in [1.807, 2.05) is 0 Å². The monoisotopic (exact) mass is 188 g/mol. The molecule has 0 aromatic carbocycles. The molecule has 5 heteroatoms. The maximum absolute atomic E-state index is 10.7. The molecule has 66 valence electrons. The third-order valence-electron chi connectivity index (χ3n) is 0.959. The molecule has 0 saturated heterocycles. The molecule has 0 atom stereocenters. The molecule has 0 aromatic rings. The summed E-state index contributed by atoms with van der Waals surface area (Å²) in [5, 5.41) is -0.602. The SMILES string of the molecule is COC(=O)/C=C/C(=O)C(=O)SC. The number of carbonyl (C=O) groups excluding carboxylic acids is 3. The van der Waals surface area contributed by atoms with Crippen molar-refractivity contribution in [2.75, 3.05) is 13.4 Å². The van der Waals surface area contributed by atoms with Gasteiger partial charge < -0.3 is 4.74 Å². The first-order chi connectivity index (χ1) is 5.61. The van der Waals surface area contributed by atoms with E-state index in [0.29, 0.717) is 0 Å². The van der Waals surface area contributed by atoms with E-state index in [0.717, 1.165) is 23.9 Å². The molecular weight excluding hydrogens is 180 g/mol. The number of thioether (sulfide) groups is 1. The summed E-state index contributed by atoms with van der Waals surface area (Å²) in [6.45, 7) is 0. The number of hydrogen-bond donors (Lipinski definition) is 0. The van der Waals surface area contributed by atoms with Gasteiger partial charge in [0.15, 0.2) is 0 Å². The predicted octanol–water partition coefficient (Wildman–Crippen LogP) is 0.174. The van der Waals surface area contributed by atoms with E-state index in [-0.39, 0.29) is 0 Å². The Hall–Kier alpha value is -1.10. The van der Waals surface area contributed by atoms with Crippen molar-refractivity contribution < 1.29 is 19.1 Å². The van der Waals surface area contributed by atoms with Gasteiger partial charge in [0, 0.05) is 6.08 Å². The molecule has 0 spiro atoms. The first kappa shape index (κ1) is 10.9. The standard InChI is InChI=1S/C7H8O4S/c1-11-6(9)4-3-5(8)7(10)12-2/h3-4H,1-2H3/b4-3+. The van der Waals surface area contributed by atoms with E-state index in [1.165, 1.54) is 13.4 Å². The van der Waals surface area contributed by atoms with Crippen LogP contribution in [0.2, 0.25) is 0 Å². The van der Waals surface area contributed by atoms with Gasteiger partial charge >= 0.3 is 5.97 Å². The minimum absolute atomic E-state index is 0.602. The first-order valence-corrected chi connectivity index (χ1v) is 4.22. The molecule has 0 aliphatic rings. The summed E-state index contributed by atoms with van der Waals surface area (Å²) in [5.74, 6) is -1.37. The molecule has 0 amide bonds. The highest BCUT2D eigenvalue weighted by Gasteiger charge is 2.07. The van der Waals surface area contributed by atoms with Crippen LogP contribution in [0.5, 0.6) is 0 Å². The highest BCUT2D eigenvalue weighted by Crippen LogP contribution is 1.96. The van der Waals surface area contributed by atoms with Crippen molar-refractivity contribution in [3.8, 4) is 0 Å². The normalized spacial score (nSPS) is 9.83. The highest BCUT2D eigenvalue weighted by atomic mass is 32.2. The van der Waals surface area contributed by atoms with Crippen LogP contribution in [-0.2, 0) is 19.1 Å². The molecule has 0 aromatic heterocycles. The summed E-state index contributed by atoms with van der Waals surface area (Å²) in [4.78, 5) is 31.8. The van der Waals surface area contributed by atoms with E-state index >= 15 is 0 Å². The second-order valence-corrected chi connectivity index (χ2v) is 2.49. The second-order valence-electron chi connectivity index (χ2n) is 1.71. The van der Waals surface area contributed by atoms with E-state index in [4.69, 9.17) is 0 Å². The van der Waals surface area contributed by atoms with Crippen LogP contribution >= 0.6 is 11.8 Å². The van der Waals surface area contributed by atoms with Gasteiger partial charge in [0.25, 0.3) is 5.12 Å². The number of ketones is 1. The zero-order valence-corrected chi connectivity index (χ0v) is 7.51. The Morgan fingerprint density at radius 1 is 1.25 bits per heavy atom. The van der Waals surface area contributed by atoms with Crippen LogP contribution < -0.4 is 0 Å². The molecule has 0 radical (unpaired) electrons. The van der Waals surface area contributed by atoms with Crippen LogP contribution in [0.1, 0.15) is 0 Å². The van der Waals surface area contributed by atoms with Gasteiger partial charge in [-0.1, -0.05) is 11.8 Å². The number of allylic oxidation sites excluding steroid dienone is 1. The van der Waals surface area contributed by atoms with Crippen molar-refractivity contribution in [2.24, 2.45) is 0 Å². The number of carbonyl (C=O) groups is 3. The zero-order valence-electron chi connectivity index (χ0n) is 6.70. The van der Waals surface area contributed by atoms with Crippen molar-refractivity contribution >= 4 is 28.6 Å². The summed E-state index contributed by atoms with van der Waals surface area (Å²) in [6.07, 6.45) is 3.30. The lowest BCUT2D eigenvalue weighted by Gasteiger charge is -1.89. The van der Waals surface area contributed by atoms with Gasteiger partial charge in [-0.3, -0.25) is 9.59 Å². The van der Waals surface area contributed by atoms with Gasteiger partial charge in [-0.15, -0.1) is 0 Å². The van der Waals surface area contributed by atoms with E-state index in [9.17, 15) is 14.4 Å². The van der Waals surface area contributed by atoms with Crippen LogP contribution in [0.25, 0.3) is 0 Å². The number of rotatable bonds is 3. The molecule has 0 bridgehead atoms. The highest BCUT2D eigenvalue weighted by molar-refractivity contribution is 8.14. The quantitative estimate of drug-likeness (QED) is 0.359. The maximum atomic E-state index is 10.7. The summed E-state index contributed by atoms with van der Waals surface area (Å²) in [5.41, 5.74) is 0. The average Bonchev–Trinajstić information content (AvgIpc) is 2.11. The van der Waals surface area contributed by atoms with Crippen LogP contribution in [0.4, 0.5) is 0 Å². The number of hydrogen-bond acceptors (Lipinski definition) is 5. The minimum atomic E-state index is -0.715. The topological polar surface area (TPSA) is 60.4 Å². The number of ether oxygens (including phenoxy) is 1. The third kappa shape index (κ3) is 3.92. The van der Waals surface area contributed by atoms with Gasteiger partial charge in [0.05, 0.1) is 7.11 Å². The number of esters is 1. The molecule has 0 unspecified atom stereocenters. The lowest BCUT2D eigenvalue weighted by atomic mass is 10.4. The Balaban J connectivity index is 4.09. The largest absolute Gasteiger partial charge is 0.466 e. The van der Waals surface area contributed by atoms with Crippen LogP contribution in [0.15, 0.2) is 12.2 Å². The maximum Gasteiger partial charge on any atom is 0.330 e. The first-order valence-electron chi connectivity index (χ1n) is 3.00.